The molecule has 0 aliphatic heterocycles. The Morgan fingerprint density at radius 2 is 1.94 bits per heavy atom. The number of nitrogen functional groups attached to an aromatic ring is 1. The fraction of sp³-hybridized carbons (Fsp3) is 0.308. The van der Waals surface area contributed by atoms with Crippen molar-refractivity contribution in [2.75, 3.05) is 5.73 Å². The predicted octanol–water partition coefficient (Wildman–Crippen LogP) is 3.24. The van der Waals surface area contributed by atoms with E-state index in [1.165, 1.54) is 16.1 Å². The van der Waals surface area contributed by atoms with Gasteiger partial charge in [0.2, 0.25) is 0 Å². The molecule has 1 heterocycles. The van der Waals surface area contributed by atoms with Gasteiger partial charge in [-0.15, -0.1) is 11.3 Å². The average molecular weight is 232 g/mol. The van der Waals surface area contributed by atoms with Gasteiger partial charge in [0.05, 0.1) is 5.01 Å². The van der Waals surface area contributed by atoms with E-state index in [2.05, 4.69) is 23.4 Å². The van der Waals surface area contributed by atoms with Crippen LogP contribution in [0.3, 0.4) is 0 Å². The molecule has 0 fully saturated rings. The fourth-order valence-corrected chi connectivity index (χ4v) is 2.53. The number of aryl methyl sites for hydroxylation is 3. The second kappa shape index (κ2) is 4.26. The molecule has 0 unspecified atom stereocenters. The van der Waals surface area contributed by atoms with Gasteiger partial charge in [0.15, 0.2) is 0 Å². The van der Waals surface area contributed by atoms with Crippen LogP contribution in [-0.2, 0) is 6.42 Å². The van der Waals surface area contributed by atoms with Gasteiger partial charge in [-0.3, -0.25) is 0 Å². The molecule has 1 aromatic carbocycles. The smallest absolute Gasteiger partial charge is 0.0972 e. The number of hydrogen-bond donors (Lipinski definition) is 1. The zero-order valence-corrected chi connectivity index (χ0v) is 10.7. The second-order valence-electron chi connectivity index (χ2n) is 4.19. The van der Waals surface area contributed by atoms with Crippen molar-refractivity contribution in [1.29, 1.82) is 0 Å². The van der Waals surface area contributed by atoms with Crippen molar-refractivity contribution in [2.24, 2.45) is 0 Å². The molecule has 84 valence electrons. The zero-order chi connectivity index (χ0) is 11.7. The van der Waals surface area contributed by atoms with Crippen LogP contribution in [0.15, 0.2) is 17.5 Å². The molecule has 2 aromatic rings. The first-order valence-corrected chi connectivity index (χ1v) is 6.21. The molecule has 0 bridgehead atoms. The van der Waals surface area contributed by atoms with Gasteiger partial charge in [0.1, 0.15) is 0 Å². The molecule has 2 N–H and O–H groups in total. The molecule has 0 atom stereocenters. The van der Waals surface area contributed by atoms with Crippen molar-refractivity contribution in [3.05, 3.63) is 44.9 Å². The molecule has 0 saturated carbocycles. The minimum Gasteiger partial charge on any atom is -0.399 e. The molecule has 0 amide bonds. The lowest BCUT2D eigenvalue weighted by atomic mass is 10.0. The molecule has 0 saturated heterocycles. The van der Waals surface area contributed by atoms with Gasteiger partial charge >= 0.3 is 0 Å². The summed E-state index contributed by atoms with van der Waals surface area (Å²) in [4.78, 5) is 4.49. The van der Waals surface area contributed by atoms with E-state index in [9.17, 15) is 0 Å². The molecule has 0 radical (unpaired) electrons. The van der Waals surface area contributed by atoms with Crippen LogP contribution in [0.2, 0.25) is 0 Å². The summed E-state index contributed by atoms with van der Waals surface area (Å²) in [7, 11) is 0. The van der Waals surface area contributed by atoms with Gasteiger partial charge in [-0.05, 0) is 43.5 Å². The lowest BCUT2D eigenvalue weighted by Gasteiger charge is -2.08. The first kappa shape index (κ1) is 11.1. The molecule has 1 aromatic heterocycles. The SMILES string of the molecule is Cc1csc(Cc2cc(C)c(N)cc2C)n1. The molecule has 2 nitrogen and oxygen atoms in total. The Hall–Kier alpha value is -1.35. The van der Waals surface area contributed by atoms with Crippen LogP contribution < -0.4 is 5.73 Å². The van der Waals surface area contributed by atoms with E-state index in [-0.39, 0.29) is 0 Å². The Morgan fingerprint density at radius 3 is 2.56 bits per heavy atom. The third-order valence-electron chi connectivity index (χ3n) is 2.73. The standard InChI is InChI=1S/C13H16N2S/c1-8-5-12(14)9(2)4-11(8)6-13-15-10(3)7-16-13/h4-5,7H,6,14H2,1-3H3. The van der Waals surface area contributed by atoms with Gasteiger partial charge in [0, 0.05) is 23.2 Å². The molecular weight excluding hydrogens is 216 g/mol. The summed E-state index contributed by atoms with van der Waals surface area (Å²) < 4.78 is 0. The predicted molar refractivity (Wildman–Crippen MR) is 70.0 cm³/mol. The van der Waals surface area contributed by atoms with E-state index < -0.39 is 0 Å². The first-order chi connectivity index (χ1) is 7.56. The molecule has 0 aliphatic carbocycles. The minimum atomic E-state index is 0.872. The largest absolute Gasteiger partial charge is 0.399 e. The summed E-state index contributed by atoms with van der Waals surface area (Å²) in [6.45, 7) is 6.18. The highest BCUT2D eigenvalue weighted by Gasteiger charge is 2.05. The number of hydrogen-bond acceptors (Lipinski definition) is 3. The van der Waals surface area contributed by atoms with Crippen molar-refractivity contribution in [2.45, 2.75) is 27.2 Å². The van der Waals surface area contributed by atoms with E-state index in [0.29, 0.717) is 0 Å². The zero-order valence-electron chi connectivity index (χ0n) is 9.87. The van der Waals surface area contributed by atoms with Gasteiger partial charge in [0.25, 0.3) is 0 Å². The Balaban J connectivity index is 2.31. The van der Waals surface area contributed by atoms with Gasteiger partial charge in [-0.2, -0.15) is 0 Å². The summed E-state index contributed by atoms with van der Waals surface area (Å²) in [6.07, 6.45) is 0.908. The fourth-order valence-electron chi connectivity index (χ4n) is 1.74. The summed E-state index contributed by atoms with van der Waals surface area (Å²) in [5.74, 6) is 0. The Bertz CT molecular complexity index is 515. The summed E-state index contributed by atoms with van der Waals surface area (Å²) in [5.41, 5.74) is 11.6. The van der Waals surface area contributed by atoms with E-state index in [0.717, 1.165) is 23.4 Å². The van der Waals surface area contributed by atoms with Crippen LogP contribution in [-0.4, -0.2) is 4.98 Å². The third kappa shape index (κ3) is 2.25. The number of anilines is 1. The number of aromatic nitrogens is 1. The lowest BCUT2D eigenvalue weighted by Crippen LogP contribution is -1.97. The van der Waals surface area contributed by atoms with Crippen molar-refractivity contribution in [3.63, 3.8) is 0 Å². The maximum Gasteiger partial charge on any atom is 0.0972 e. The quantitative estimate of drug-likeness (QED) is 0.807. The van der Waals surface area contributed by atoms with Crippen LogP contribution in [0, 0.1) is 20.8 Å². The van der Waals surface area contributed by atoms with Crippen LogP contribution in [0.1, 0.15) is 27.4 Å². The number of nitrogens with zero attached hydrogens (tertiary/aromatic N) is 1. The molecular formula is C13H16N2S. The highest BCUT2D eigenvalue weighted by atomic mass is 32.1. The van der Waals surface area contributed by atoms with Crippen LogP contribution in [0.25, 0.3) is 0 Å². The van der Waals surface area contributed by atoms with E-state index in [1.807, 2.05) is 19.9 Å². The first-order valence-electron chi connectivity index (χ1n) is 5.33. The summed E-state index contributed by atoms with van der Waals surface area (Å²) in [5, 5.41) is 3.26. The van der Waals surface area contributed by atoms with Crippen molar-refractivity contribution >= 4 is 17.0 Å². The van der Waals surface area contributed by atoms with Crippen LogP contribution in [0.5, 0.6) is 0 Å². The maximum atomic E-state index is 5.87. The normalized spacial score (nSPS) is 10.7. The average Bonchev–Trinajstić information content (AvgIpc) is 2.60. The van der Waals surface area contributed by atoms with Gasteiger partial charge < -0.3 is 5.73 Å². The van der Waals surface area contributed by atoms with Gasteiger partial charge in [-0.25, -0.2) is 4.98 Å². The summed E-state index contributed by atoms with van der Waals surface area (Å²) >= 11 is 1.72. The number of nitrogens with two attached hydrogens (primary N) is 1. The Labute approximate surface area is 100 Å². The van der Waals surface area contributed by atoms with E-state index in [1.54, 1.807) is 11.3 Å². The van der Waals surface area contributed by atoms with Crippen LogP contribution in [0.4, 0.5) is 5.69 Å². The number of benzene rings is 1. The Kier molecular flexibility index (Phi) is 2.97. The molecule has 16 heavy (non-hydrogen) atoms. The van der Waals surface area contributed by atoms with Crippen molar-refractivity contribution in [3.8, 4) is 0 Å². The monoisotopic (exact) mass is 232 g/mol. The topological polar surface area (TPSA) is 38.9 Å². The van der Waals surface area contributed by atoms with E-state index in [4.69, 9.17) is 5.73 Å². The van der Waals surface area contributed by atoms with Crippen LogP contribution >= 0.6 is 11.3 Å². The highest BCUT2D eigenvalue weighted by Crippen LogP contribution is 2.21. The highest BCUT2D eigenvalue weighted by molar-refractivity contribution is 7.09. The van der Waals surface area contributed by atoms with Gasteiger partial charge in [-0.1, -0.05) is 6.07 Å². The Morgan fingerprint density at radius 1 is 1.19 bits per heavy atom. The third-order valence-corrected chi connectivity index (χ3v) is 3.70. The molecule has 0 spiro atoms. The molecule has 3 heteroatoms. The summed E-state index contributed by atoms with van der Waals surface area (Å²) in [6, 6.07) is 4.21. The number of thiazole rings is 1. The second-order valence-corrected chi connectivity index (χ2v) is 5.14. The molecule has 2 rings (SSSR count). The van der Waals surface area contributed by atoms with Crippen molar-refractivity contribution < 1.29 is 0 Å². The molecule has 0 aliphatic rings. The van der Waals surface area contributed by atoms with E-state index >= 15 is 0 Å². The number of rotatable bonds is 2. The van der Waals surface area contributed by atoms with Crippen molar-refractivity contribution in [1.82, 2.24) is 4.98 Å². The minimum absolute atomic E-state index is 0.872. The lowest BCUT2D eigenvalue weighted by molar-refractivity contribution is 1.08. The maximum absolute atomic E-state index is 5.87.